The first-order chi connectivity index (χ1) is 8.38. The molecule has 0 aromatic heterocycles. The minimum atomic E-state index is 0.724. The summed E-state index contributed by atoms with van der Waals surface area (Å²) in [6, 6.07) is 8.20. The van der Waals surface area contributed by atoms with E-state index in [-0.39, 0.29) is 0 Å². The van der Waals surface area contributed by atoms with E-state index in [4.69, 9.17) is 4.74 Å². The minimum Gasteiger partial charge on any atom is -0.494 e. The van der Waals surface area contributed by atoms with Crippen molar-refractivity contribution in [2.45, 2.75) is 19.8 Å². The number of rotatable bonds is 6. The molecule has 0 aliphatic carbocycles. The van der Waals surface area contributed by atoms with Crippen molar-refractivity contribution in [3.8, 4) is 5.75 Å². The summed E-state index contributed by atoms with van der Waals surface area (Å²) >= 11 is 0. The van der Waals surface area contributed by atoms with Gasteiger partial charge in [-0.2, -0.15) is 0 Å². The quantitative estimate of drug-likeness (QED) is 0.793. The maximum atomic E-state index is 5.41. The molecule has 1 heterocycles. The highest BCUT2D eigenvalue weighted by Gasteiger charge is 2.13. The second-order valence-electron chi connectivity index (χ2n) is 4.53. The molecule has 0 saturated carbocycles. The number of hydrogen-bond donors (Lipinski definition) is 2. The average molecular weight is 234 g/mol. The normalized spacial score (nSPS) is 19.2. The largest absolute Gasteiger partial charge is 0.494 e. The molecule has 1 saturated heterocycles. The number of benzene rings is 1. The average Bonchev–Trinajstić information content (AvgIpc) is 2.85. The topological polar surface area (TPSA) is 33.3 Å². The van der Waals surface area contributed by atoms with E-state index in [0.717, 1.165) is 24.8 Å². The third-order valence-corrected chi connectivity index (χ3v) is 3.21. The summed E-state index contributed by atoms with van der Waals surface area (Å²) in [7, 11) is 0. The number of hydrogen-bond acceptors (Lipinski definition) is 3. The van der Waals surface area contributed by atoms with Gasteiger partial charge in [0.1, 0.15) is 5.75 Å². The van der Waals surface area contributed by atoms with Crippen molar-refractivity contribution in [1.29, 1.82) is 0 Å². The Morgan fingerprint density at radius 3 is 2.82 bits per heavy atom. The highest BCUT2D eigenvalue weighted by Crippen LogP contribution is 2.17. The molecular weight excluding hydrogens is 212 g/mol. The van der Waals surface area contributed by atoms with E-state index in [1.807, 2.05) is 19.1 Å². The van der Waals surface area contributed by atoms with E-state index in [0.29, 0.717) is 0 Å². The predicted octanol–water partition coefficient (Wildman–Crippen LogP) is 2.50. The Morgan fingerprint density at radius 2 is 2.18 bits per heavy atom. The molecule has 3 nitrogen and oxygen atoms in total. The Hall–Kier alpha value is -1.22. The van der Waals surface area contributed by atoms with Crippen LogP contribution in [0.4, 0.5) is 5.69 Å². The summed E-state index contributed by atoms with van der Waals surface area (Å²) in [5.74, 6) is 1.79. The van der Waals surface area contributed by atoms with Crippen molar-refractivity contribution in [2.75, 3.05) is 31.6 Å². The maximum absolute atomic E-state index is 5.41. The Morgan fingerprint density at radius 1 is 1.35 bits per heavy atom. The molecule has 0 bridgehead atoms. The van der Waals surface area contributed by atoms with Gasteiger partial charge in [-0.25, -0.2) is 0 Å². The van der Waals surface area contributed by atoms with Crippen LogP contribution in [0.15, 0.2) is 24.3 Å². The summed E-state index contributed by atoms with van der Waals surface area (Å²) in [6.07, 6.45) is 2.57. The smallest absolute Gasteiger partial charge is 0.119 e. The molecule has 1 aliphatic heterocycles. The van der Waals surface area contributed by atoms with Gasteiger partial charge in [-0.3, -0.25) is 0 Å². The van der Waals surface area contributed by atoms with E-state index >= 15 is 0 Å². The molecule has 2 N–H and O–H groups in total. The van der Waals surface area contributed by atoms with Crippen LogP contribution in [-0.2, 0) is 0 Å². The molecule has 0 amide bonds. The molecule has 1 aromatic carbocycles. The zero-order valence-corrected chi connectivity index (χ0v) is 10.5. The summed E-state index contributed by atoms with van der Waals surface area (Å²) in [5.41, 5.74) is 1.18. The first kappa shape index (κ1) is 12.2. The second kappa shape index (κ2) is 6.50. The molecule has 17 heavy (non-hydrogen) atoms. The Balaban J connectivity index is 1.70. The van der Waals surface area contributed by atoms with E-state index in [1.54, 1.807) is 0 Å². The molecule has 2 rings (SSSR count). The lowest BCUT2D eigenvalue weighted by Crippen LogP contribution is -2.12. The summed E-state index contributed by atoms with van der Waals surface area (Å²) in [4.78, 5) is 0. The zero-order chi connectivity index (χ0) is 11.9. The van der Waals surface area contributed by atoms with Crippen molar-refractivity contribution < 1.29 is 4.74 Å². The van der Waals surface area contributed by atoms with E-state index in [9.17, 15) is 0 Å². The lowest BCUT2D eigenvalue weighted by molar-refractivity contribution is 0.340. The minimum absolute atomic E-state index is 0.724. The fourth-order valence-corrected chi connectivity index (χ4v) is 2.22. The van der Waals surface area contributed by atoms with Gasteiger partial charge in [-0.05, 0) is 63.0 Å². The highest BCUT2D eigenvalue weighted by atomic mass is 16.5. The molecule has 1 fully saturated rings. The van der Waals surface area contributed by atoms with Crippen molar-refractivity contribution in [3.05, 3.63) is 24.3 Å². The molecule has 0 spiro atoms. The third-order valence-electron chi connectivity index (χ3n) is 3.21. The molecule has 1 aromatic rings. The first-order valence-electron chi connectivity index (χ1n) is 6.56. The van der Waals surface area contributed by atoms with Gasteiger partial charge in [0.15, 0.2) is 0 Å². The Labute approximate surface area is 104 Å². The monoisotopic (exact) mass is 234 g/mol. The number of nitrogens with one attached hydrogen (secondary N) is 2. The van der Waals surface area contributed by atoms with Gasteiger partial charge in [-0.1, -0.05) is 0 Å². The summed E-state index contributed by atoms with van der Waals surface area (Å²) in [6.45, 7) is 6.16. The second-order valence-corrected chi connectivity index (χ2v) is 4.53. The van der Waals surface area contributed by atoms with Crippen molar-refractivity contribution in [1.82, 2.24) is 5.32 Å². The summed E-state index contributed by atoms with van der Waals surface area (Å²) < 4.78 is 5.41. The third kappa shape index (κ3) is 3.93. The molecule has 3 heteroatoms. The van der Waals surface area contributed by atoms with E-state index < -0.39 is 0 Å². The molecular formula is C14H22N2O. The van der Waals surface area contributed by atoms with Gasteiger partial charge in [0.05, 0.1) is 6.61 Å². The fraction of sp³-hybridized carbons (Fsp3) is 0.571. The van der Waals surface area contributed by atoms with Gasteiger partial charge in [0, 0.05) is 12.2 Å². The van der Waals surface area contributed by atoms with Crippen LogP contribution in [-0.4, -0.2) is 26.2 Å². The van der Waals surface area contributed by atoms with Crippen molar-refractivity contribution in [3.63, 3.8) is 0 Å². The van der Waals surface area contributed by atoms with Crippen LogP contribution in [0.5, 0.6) is 5.75 Å². The van der Waals surface area contributed by atoms with Gasteiger partial charge in [0.25, 0.3) is 0 Å². The number of anilines is 1. The molecule has 94 valence electrons. The predicted molar refractivity (Wildman–Crippen MR) is 71.7 cm³/mol. The van der Waals surface area contributed by atoms with E-state index in [2.05, 4.69) is 22.8 Å². The lowest BCUT2D eigenvalue weighted by atomic mass is 10.1. The van der Waals surface area contributed by atoms with Gasteiger partial charge in [0.2, 0.25) is 0 Å². The van der Waals surface area contributed by atoms with Crippen LogP contribution in [0, 0.1) is 5.92 Å². The standard InChI is InChI=1S/C14H22N2O/c1-2-17-14-5-3-13(4-6-14)16-10-8-12-7-9-15-11-12/h3-6,12,15-16H,2,7-11H2,1H3. The van der Waals surface area contributed by atoms with Crippen molar-refractivity contribution in [2.24, 2.45) is 5.92 Å². The van der Waals surface area contributed by atoms with Gasteiger partial charge < -0.3 is 15.4 Å². The first-order valence-corrected chi connectivity index (χ1v) is 6.56. The lowest BCUT2D eigenvalue weighted by Gasteiger charge is -2.11. The molecule has 1 unspecified atom stereocenters. The number of ether oxygens (including phenoxy) is 1. The molecule has 1 atom stereocenters. The van der Waals surface area contributed by atoms with Crippen LogP contribution in [0.1, 0.15) is 19.8 Å². The van der Waals surface area contributed by atoms with Crippen LogP contribution >= 0.6 is 0 Å². The van der Waals surface area contributed by atoms with E-state index in [1.165, 1.54) is 31.6 Å². The maximum Gasteiger partial charge on any atom is 0.119 e. The van der Waals surface area contributed by atoms with Crippen LogP contribution < -0.4 is 15.4 Å². The zero-order valence-electron chi connectivity index (χ0n) is 10.5. The molecule has 1 aliphatic rings. The fourth-order valence-electron chi connectivity index (χ4n) is 2.22. The summed E-state index contributed by atoms with van der Waals surface area (Å²) in [5, 5.41) is 6.86. The Bertz CT molecular complexity index is 317. The van der Waals surface area contributed by atoms with Crippen LogP contribution in [0.25, 0.3) is 0 Å². The van der Waals surface area contributed by atoms with Crippen molar-refractivity contribution >= 4 is 5.69 Å². The van der Waals surface area contributed by atoms with Gasteiger partial charge in [-0.15, -0.1) is 0 Å². The van der Waals surface area contributed by atoms with Crippen LogP contribution in [0.2, 0.25) is 0 Å². The molecule has 0 radical (unpaired) electrons. The SMILES string of the molecule is CCOc1ccc(NCCC2CCNC2)cc1. The van der Waals surface area contributed by atoms with Crippen LogP contribution in [0.3, 0.4) is 0 Å². The Kier molecular flexibility index (Phi) is 4.68. The van der Waals surface area contributed by atoms with Gasteiger partial charge >= 0.3 is 0 Å². The highest BCUT2D eigenvalue weighted by molar-refractivity contribution is 5.46.